The van der Waals surface area contributed by atoms with Crippen molar-refractivity contribution in [1.29, 1.82) is 5.26 Å². The number of nitriles is 1. The molecule has 4 aromatic rings. The predicted molar refractivity (Wildman–Crippen MR) is 162 cm³/mol. The fourth-order valence-corrected chi connectivity index (χ4v) is 6.79. The van der Waals surface area contributed by atoms with Crippen molar-refractivity contribution in [3.05, 3.63) is 47.0 Å². The highest BCUT2D eigenvalue weighted by molar-refractivity contribution is 7.16. The van der Waals surface area contributed by atoms with E-state index in [4.69, 9.17) is 4.98 Å². The highest BCUT2D eigenvalue weighted by Crippen LogP contribution is 2.44. The molecular weight excluding hydrogens is 588 g/mol. The monoisotopic (exact) mass is 619 g/mol. The molecule has 3 aliphatic rings. The zero-order valence-electron chi connectivity index (χ0n) is 24.2. The molecule has 0 unspecified atom stereocenters. The molecule has 11 nitrogen and oxygen atoms in total. The third-order valence-corrected chi connectivity index (χ3v) is 9.55. The molecule has 1 N–H and O–H groups in total. The van der Waals surface area contributed by atoms with Gasteiger partial charge in [-0.2, -0.15) is 19.7 Å². The van der Waals surface area contributed by atoms with Gasteiger partial charge in [-0.25, -0.2) is 14.1 Å². The number of nitrogens with zero attached hydrogens (tertiary/aromatic N) is 9. The number of benzene rings is 1. The van der Waals surface area contributed by atoms with Crippen LogP contribution in [0.1, 0.15) is 30.2 Å². The largest absolute Gasteiger partial charge is 0.391 e. The minimum absolute atomic E-state index is 0.00811. The van der Waals surface area contributed by atoms with Crippen LogP contribution in [0.15, 0.2) is 30.3 Å². The maximum atomic E-state index is 15.5. The van der Waals surface area contributed by atoms with Crippen molar-refractivity contribution >= 4 is 44.9 Å². The number of amides is 1. The molecule has 2 saturated heterocycles. The molecule has 3 fully saturated rings. The first-order valence-corrected chi connectivity index (χ1v) is 15.5. The Morgan fingerprint density at radius 1 is 1.11 bits per heavy atom. The fraction of sp³-hybridized carbons (Fsp3) is 0.433. The van der Waals surface area contributed by atoms with Gasteiger partial charge in [0, 0.05) is 51.9 Å². The number of aliphatic hydroxyl groups excluding tert-OH is 1. The SMILES string of the molecule is CN(c1nc(-c2ccc(F)cc2)c(C#N)s1)c1c2cc(N3CCN(CC(=O)N4CC[C@@H](O)C4)CC3)c(F)nc2nn1C1CC1. The summed E-state index contributed by atoms with van der Waals surface area (Å²) in [5, 5.41) is 25.5. The Morgan fingerprint density at radius 2 is 1.86 bits per heavy atom. The number of carbonyl (C=O) groups is 1. The summed E-state index contributed by atoms with van der Waals surface area (Å²) in [5.74, 6) is -0.235. The van der Waals surface area contributed by atoms with Gasteiger partial charge in [0.1, 0.15) is 28.3 Å². The van der Waals surface area contributed by atoms with Crippen LogP contribution in [0.5, 0.6) is 0 Å². The molecule has 1 atom stereocenters. The van der Waals surface area contributed by atoms with E-state index in [1.165, 1.54) is 23.5 Å². The highest BCUT2D eigenvalue weighted by atomic mass is 32.1. The third kappa shape index (κ3) is 5.36. The van der Waals surface area contributed by atoms with Crippen LogP contribution in [0.2, 0.25) is 0 Å². The molecule has 0 radical (unpaired) electrons. The van der Waals surface area contributed by atoms with Gasteiger partial charge in [0.05, 0.1) is 29.8 Å². The number of aliphatic hydroxyl groups is 1. The average Bonchev–Trinajstić information content (AvgIpc) is 3.45. The lowest BCUT2D eigenvalue weighted by Crippen LogP contribution is -2.50. The number of anilines is 3. The van der Waals surface area contributed by atoms with E-state index in [1.807, 2.05) is 21.5 Å². The molecule has 228 valence electrons. The summed E-state index contributed by atoms with van der Waals surface area (Å²) in [4.78, 5) is 29.7. The van der Waals surface area contributed by atoms with E-state index in [2.05, 4.69) is 21.1 Å². The van der Waals surface area contributed by atoms with Crippen LogP contribution in [-0.2, 0) is 4.79 Å². The quantitative estimate of drug-likeness (QED) is 0.310. The lowest BCUT2D eigenvalue weighted by Gasteiger charge is -2.36. The molecule has 7 rings (SSSR count). The van der Waals surface area contributed by atoms with Crippen molar-refractivity contribution in [2.75, 3.05) is 62.7 Å². The number of hydrogen-bond donors (Lipinski definition) is 1. The van der Waals surface area contributed by atoms with E-state index in [9.17, 15) is 19.6 Å². The zero-order chi connectivity index (χ0) is 30.5. The van der Waals surface area contributed by atoms with Gasteiger partial charge in [0.2, 0.25) is 11.9 Å². The van der Waals surface area contributed by atoms with Crippen molar-refractivity contribution in [3.63, 3.8) is 0 Å². The first-order chi connectivity index (χ1) is 21.3. The van der Waals surface area contributed by atoms with Crippen molar-refractivity contribution in [1.82, 2.24) is 29.5 Å². The number of halogens is 2. The first-order valence-electron chi connectivity index (χ1n) is 14.7. The maximum absolute atomic E-state index is 15.5. The number of fused-ring (bicyclic) bond motifs is 1. The van der Waals surface area contributed by atoms with Crippen molar-refractivity contribution in [2.24, 2.45) is 0 Å². The van der Waals surface area contributed by atoms with Crippen LogP contribution < -0.4 is 9.80 Å². The number of aromatic nitrogens is 4. The van der Waals surface area contributed by atoms with Crippen molar-refractivity contribution < 1.29 is 18.7 Å². The van der Waals surface area contributed by atoms with Crippen LogP contribution in [-0.4, -0.2) is 99.5 Å². The lowest BCUT2D eigenvalue weighted by atomic mass is 10.1. The molecule has 1 amide bonds. The molecule has 1 saturated carbocycles. The van der Waals surface area contributed by atoms with E-state index in [-0.39, 0.29) is 24.3 Å². The summed E-state index contributed by atoms with van der Waals surface area (Å²) in [7, 11) is 1.85. The summed E-state index contributed by atoms with van der Waals surface area (Å²) in [6, 6.07) is 10.1. The zero-order valence-corrected chi connectivity index (χ0v) is 25.0. The Kier molecular flexibility index (Phi) is 7.39. The van der Waals surface area contributed by atoms with E-state index < -0.39 is 12.1 Å². The van der Waals surface area contributed by atoms with Gasteiger partial charge >= 0.3 is 0 Å². The number of pyridine rings is 1. The minimum atomic E-state index is -0.595. The van der Waals surface area contributed by atoms with Gasteiger partial charge in [0.25, 0.3) is 0 Å². The third-order valence-electron chi connectivity index (χ3n) is 8.52. The molecule has 5 heterocycles. The van der Waals surface area contributed by atoms with Gasteiger partial charge in [-0.15, -0.1) is 0 Å². The summed E-state index contributed by atoms with van der Waals surface area (Å²) >= 11 is 1.23. The Bertz CT molecular complexity index is 1760. The first kappa shape index (κ1) is 28.6. The van der Waals surface area contributed by atoms with E-state index in [0.717, 1.165) is 18.7 Å². The molecule has 14 heteroatoms. The number of rotatable bonds is 7. The molecule has 1 aliphatic carbocycles. The molecule has 2 aliphatic heterocycles. The number of piperazine rings is 1. The number of carbonyl (C=O) groups excluding carboxylic acids is 1. The van der Waals surface area contributed by atoms with E-state index in [1.54, 1.807) is 23.1 Å². The van der Waals surface area contributed by atoms with Gasteiger partial charge < -0.3 is 19.8 Å². The smallest absolute Gasteiger partial charge is 0.238 e. The van der Waals surface area contributed by atoms with Crippen LogP contribution in [0.3, 0.4) is 0 Å². The summed E-state index contributed by atoms with van der Waals surface area (Å²) < 4.78 is 30.9. The number of hydrogen-bond acceptors (Lipinski definition) is 10. The van der Waals surface area contributed by atoms with Crippen molar-refractivity contribution in [3.8, 4) is 17.3 Å². The fourth-order valence-electron chi connectivity index (χ4n) is 5.94. The molecule has 3 aromatic heterocycles. The normalized spacial score (nSPS) is 19.1. The summed E-state index contributed by atoms with van der Waals surface area (Å²) in [5.41, 5.74) is 1.79. The molecule has 44 heavy (non-hydrogen) atoms. The Balaban J connectivity index is 1.16. The molecule has 1 aromatic carbocycles. The summed E-state index contributed by atoms with van der Waals surface area (Å²) in [6.07, 6.45) is 2.06. The Hall–Kier alpha value is -4.19. The predicted octanol–water partition coefficient (Wildman–Crippen LogP) is 3.52. The van der Waals surface area contributed by atoms with Crippen molar-refractivity contribution in [2.45, 2.75) is 31.4 Å². The molecular formula is C30H31F2N9O2S. The van der Waals surface area contributed by atoms with Gasteiger partial charge in [-0.1, -0.05) is 11.3 Å². The standard InChI is InChI=1S/C30H31F2N9O2S/c1-37(30-34-26(24(15-33)44-30)18-2-4-19(31)5-3-18)29-22-14-23(27(32)35-28(22)36-41(29)20-6-7-20)39-12-10-38(11-13-39)17-25(43)40-9-8-21(42)16-40/h2-5,14,20-21,42H,6-13,16-17H2,1H3/t21-/m1/s1. The molecule has 0 bridgehead atoms. The summed E-state index contributed by atoms with van der Waals surface area (Å²) in [6.45, 7) is 3.48. The van der Waals surface area contributed by atoms with E-state index in [0.29, 0.717) is 83.7 Å². The molecule has 0 spiro atoms. The second-order valence-electron chi connectivity index (χ2n) is 11.6. The topological polar surface area (TPSA) is 118 Å². The second kappa shape index (κ2) is 11.4. The lowest BCUT2D eigenvalue weighted by molar-refractivity contribution is -0.131. The van der Waals surface area contributed by atoms with Crippen LogP contribution in [0.25, 0.3) is 22.3 Å². The van der Waals surface area contributed by atoms with Crippen LogP contribution >= 0.6 is 11.3 Å². The Morgan fingerprint density at radius 3 is 2.52 bits per heavy atom. The van der Waals surface area contributed by atoms with Crippen LogP contribution in [0.4, 0.5) is 25.4 Å². The highest BCUT2D eigenvalue weighted by Gasteiger charge is 2.33. The van der Waals surface area contributed by atoms with Crippen LogP contribution in [0, 0.1) is 23.1 Å². The van der Waals surface area contributed by atoms with Gasteiger partial charge in [0.15, 0.2) is 10.8 Å². The maximum Gasteiger partial charge on any atom is 0.238 e. The minimum Gasteiger partial charge on any atom is -0.391 e. The second-order valence-corrected chi connectivity index (χ2v) is 12.5. The number of thiazole rings is 1. The Labute approximate surface area is 256 Å². The number of β-amino-alcohol motifs (C(OH)–C–C–N with tert-alkyl or cyclic N) is 1. The average molecular weight is 620 g/mol. The van der Waals surface area contributed by atoms with Gasteiger partial charge in [-0.05, 0) is 49.6 Å². The number of likely N-dealkylation sites (tertiary alicyclic amines) is 1. The van der Waals surface area contributed by atoms with E-state index >= 15 is 4.39 Å². The van der Waals surface area contributed by atoms with Gasteiger partial charge in [-0.3, -0.25) is 9.69 Å².